The molecular weight excluding hydrogens is 518 g/mol. The Hall–Kier alpha value is -3.68. The highest BCUT2D eigenvalue weighted by molar-refractivity contribution is 5.82. The monoisotopic (exact) mass is 547 g/mol. The number of phenols is 1. The van der Waals surface area contributed by atoms with Gasteiger partial charge in [-0.25, -0.2) is 9.59 Å². The van der Waals surface area contributed by atoms with Crippen LogP contribution in [0.1, 0.15) is 43.2 Å². The lowest BCUT2D eigenvalue weighted by Gasteiger charge is -2.58. The Bertz CT molecular complexity index is 1280. The molecule has 210 valence electrons. The van der Waals surface area contributed by atoms with E-state index in [0.29, 0.717) is 31.4 Å². The van der Waals surface area contributed by atoms with E-state index in [1.54, 1.807) is 6.07 Å². The Labute approximate surface area is 222 Å². The average Bonchev–Trinajstić information content (AvgIpc) is 3.20. The number of benzene rings is 1. The molecule has 1 aromatic rings. The first-order valence-electron chi connectivity index (χ1n) is 12.6. The number of hydrogen-bond acceptors (Lipinski definition) is 11. The van der Waals surface area contributed by atoms with Gasteiger partial charge in [0.2, 0.25) is 0 Å². The van der Waals surface area contributed by atoms with Gasteiger partial charge in [-0.2, -0.15) is 0 Å². The van der Waals surface area contributed by atoms with E-state index in [-0.39, 0.29) is 23.7 Å². The number of hydrogen-bond donors (Lipinski definition) is 5. The minimum atomic E-state index is -1.97. The Kier molecular flexibility index (Phi) is 6.56. The Morgan fingerprint density at radius 1 is 1.10 bits per heavy atom. The number of rotatable bonds is 8. The van der Waals surface area contributed by atoms with Gasteiger partial charge < -0.3 is 39.7 Å². The van der Waals surface area contributed by atoms with Crippen LogP contribution in [0.2, 0.25) is 0 Å². The number of carbonyl (C=O) groups is 4. The summed E-state index contributed by atoms with van der Waals surface area (Å²) in [5.74, 6) is -5.08. The molecule has 5 rings (SSSR count). The van der Waals surface area contributed by atoms with Crippen LogP contribution in [0, 0.1) is 0 Å². The first kappa shape index (κ1) is 26.9. The molecule has 6 atom stereocenters. The zero-order valence-corrected chi connectivity index (χ0v) is 21.0. The first-order valence-corrected chi connectivity index (χ1v) is 12.6. The molecule has 13 heteroatoms. The van der Waals surface area contributed by atoms with Crippen molar-refractivity contribution in [1.82, 2.24) is 4.90 Å². The van der Waals surface area contributed by atoms with Gasteiger partial charge in [0.1, 0.15) is 11.4 Å². The van der Waals surface area contributed by atoms with Crippen LogP contribution in [0.25, 0.3) is 0 Å². The van der Waals surface area contributed by atoms with Crippen LogP contribution in [-0.2, 0) is 40.5 Å². The maximum absolute atomic E-state index is 13.1. The first-order chi connectivity index (χ1) is 18.4. The summed E-state index contributed by atoms with van der Waals surface area (Å²) in [6.07, 6.45) is -3.66. The molecule has 0 aromatic heterocycles. The molecule has 39 heavy (non-hydrogen) atoms. The summed E-state index contributed by atoms with van der Waals surface area (Å²) in [5.41, 5.74) is -1.06. The predicted molar refractivity (Wildman–Crippen MR) is 128 cm³/mol. The molecule has 2 aliphatic heterocycles. The highest BCUT2D eigenvalue weighted by atomic mass is 16.6. The summed E-state index contributed by atoms with van der Waals surface area (Å²) in [5, 5.41) is 48.3. The van der Waals surface area contributed by atoms with Gasteiger partial charge in [-0.15, -0.1) is 0 Å². The maximum Gasteiger partial charge on any atom is 0.333 e. The second-order valence-electron chi connectivity index (χ2n) is 10.5. The van der Waals surface area contributed by atoms with Gasteiger partial charge >= 0.3 is 23.9 Å². The summed E-state index contributed by atoms with van der Waals surface area (Å²) in [4.78, 5) is 50.0. The van der Waals surface area contributed by atoms with Crippen molar-refractivity contribution >= 4 is 23.9 Å². The molecule has 4 aliphatic rings. The van der Waals surface area contributed by atoms with Gasteiger partial charge in [0.25, 0.3) is 0 Å². The van der Waals surface area contributed by atoms with Crippen LogP contribution >= 0.6 is 0 Å². The predicted octanol–water partition coefficient (Wildman–Crippen LogP) is -0.175. The van der Waals surface area contributed by atoms with E-state index in [2.05, 4.69) is 4.90 Å². The molecule has 13 nitrogen and oxygen atoms in total. The number of carboxylic acid groups (broad SMARTS) is 2. The number of aliphatic hydroxyl groups excluding tert-OH is 2. The molecule has 0 radical (unpaired) electrons. The van der Waals surface area contributed by atoms with Crippen LogP contribution < -0.4 is 4.74 Å². The molecular formula is C26H29NO12. The SMILES string of the molecule is CN1CCC[C@]23c4c5ccc(O)c4O[C@H]2C(OC(=O)C[C@H](O)C(=O)O)=CC[C@@]3(OC(=O)C[C@H](O)C(=O)O)[C@H]1C5. The molecule has 2 aliphatic carbocycles. The molecule has 0 unspecified atom stereocenters. The largest absolute Gasteiger partial charge is 0.504 e. The zero-order chi connectivity index (χ0) is 28.3. The molecule has 0 saturated carbocycles. The van der Waals surface area contributed by atoms with Crippen molar-refractivity contribution in [3.8, 4) is 11.5 Å². The topological polar surface area (TPSA) is 200 Å². The van der Waals surface area contributed by atoms with Crippen LogP contribution in [0.3, 0.4) is 0 Å². The second-order valence-corrected chi connectivity index (χ2v) is 10.5. The van der Waals surface area contributed by atoms with Gasteiger partial charge in [0, 0.05) is 12.0 Å². The van der Waals surface area contributed by atoms with Crippen molar-refractivity contribution in [1.29, 1.82) is 0 Å². The number of ether oxygens (including phenoxy) is 3. The minimum Gasteiger partial charge on any atom is -0.504 e. The maximum atomic E-state index is 13.1. The fourth-order valence-corrected chi connectivity index (χ4v) is 6.77. The van der Waals surface area contributed by atoms with Crippen LogP contribution in [0.4, 0.5) is 0 Å². The lowest BCUT2D eigenvalue weighted by molar-refractivity contribution is -0.194. The lowest BCUT2D eigenvalue weighted by Crippen LogP contribution is -2.71. The number of esters is 2. The van der Waals surface area contributed by atoms with Crippen molar-refractivity contribution in [2.24, 2.45) is 0 Å². The number of carbonyl (C=O) groups excluding carboxylic acids is 2. The highest BCUT2D eigenvalue weighted by Crippen LogP contribution is 2.66. The van der Waals surface area contributed by atoms with E-state index >= 15 is 0 Å². The highest BCUT2D eigenvalue weighted by Gasteiger charge is 2.73. The number of likely N-dealkylation sites (tertiary alicyclic amines) is 1. The zero-order valence-electron chi connectivity index (χ0n) is 21.0. The van der Waals surface area contributed by atoms with E-state index in [0.717, 1.165) is 5.56 Å². The smallest absolute Gasteiger partial charge is 0.333 e. The number of phenolic OH excluding ortho intramolecular Hbond substituents is 1. The van der Waals surface area contributed by atoms with Crippen molar-refractivity contribution in [2.45, 2.75) is 73.9 Å². The third kappa shape index (κ3) is 4.03. The van der Waals surface area contributed by atoms with Crippen LogP contribution in [-0.4, -0.2) is 97.9 Å². The number of aromatic hydroxyl groups is 1. The van der Waals surface area contributed by atoms with Gasteiger partial charge in [-0.05, 0) is 50.6 Å². The van der Waals surface area contributed by atoms with Crippen LogP contribution in [0.15, 0.2) is 24.0 Å². The van der Waals surface area contributed by atoms with Crippen molar-refractivity contribution < 1.29 is 58.9 Å². The van der Waals surface area contributed by atoms with Crippen LogP contribution in [0.5, 0.6) is 11.5 Å². The second kappa shape index (κ2) is 9.50. The Morgan fingerprint density at radius 2 is 1.77 bits per heavy atom. The van der Waals surface area contributed by atoms with E-state index in [9.17, 15) is 34.5 Å². The summed E-state index contributed by atoms with van der Waals surface area (Å²) < 4.78 is 18.0. The molecule has 2 heterocycles. The summed E-state index contributed by atoms with van der Waals surface area (Å²) >= 11 is 0. The average molecular weight is 548 g/mol. The quantitative estimate of drug-likeness (QED) is 0.269. The van der Waals surface area contributed by atoms with E-state index < -0.39 is 72.1 Å². The van der Waals surface area contributed by atoms with E-state index in [1.807, 2.05) is 7.05 Å². The van der Waals surface area contributed by atoms with E-state index in [4.69, 9.17) is 24.4 Å². The standard InChI is InChI=1S/C26H29NO12/c1-27-8-2-6-25-20-12-3-4-13(28)21(20)38-22(25)16(37-18(31)10-14(29)23(33)34)5-7-26(25,17(27)9-12)39-19(32)11-15(30)24(35)36/h3-5,14-15,17,22,28-30H,2,6-11H2,1H3,(H,33,34)(H,35,36)/t14-,15-,17+,22-,25-,26+/m0/s1. The summed E-state index contributed by atoms with van der Waals surface area (Å²) in [6, 6.07) is 2.85. The van der Waals surface area contributed by atoms with Gasteiger partial charge in [0.05, 0.1) is 24.3 Å². The molecule has 1 spiro atoms. The van der Waals surface area contributed by atoms with Crippen molar-refractivity contribution in [3.63, 3.8) is 0 Å². The summed E-state index contributed by atoms with van der Waals surface area (Å²) in [7, 11) is 1.88. The Balaban J connectivity index is 1.63. The number of aliphatic hydroxyl groups is 2. The molecule has 2 bridgehead atoms. The molecule has 0 amide bonds. The number of likely N-dealkylation sites (N-methyl/N-ethyl adjacent to an activating group) is 1. The van der Waals surface area contributed by atoms with Crippen molar-refractivity contribution in [3.05, 3.63) is 35.1 Å². The fraction of sp³-hybridized carbons (Fsp3) is 0.538. The van der Waals surface area contributed by atoms with Gasteiger partial charge in [-0.1, -0.05) is 6.07 Å². The lowest BCUT2D eigenvalue weighted by atomic mass is 9.52. The fourth-order valence-electron chi connectivity index (χ4n) is 6.77. The number of aliphatic carboxylic acids is 2. The normalized spacial score (nSPS) is 30.1. The number of nitrogens with zero attached hydrogens (tertiary/aromatic N) is 1. The Morgan fingerprint density at radius 3 is 2.44 bits per heavy atom. The van der Waals surface area contributed by atoms with Gasteiger partial charge in [-0.3, -0.25) is 14.5 Å². The third-order valence-corrected chi connectivity index (χ3v) is 8.36. The molecule has 1 aromatic carbocycles. The summed E-state index contributed by atoms with van der Waals surface area (Å²) in [6.45, 7) is 0.616. The third-order valence-electron chi connectivity index (χ3n) is 8.36. The molecule has 1 fully saturated rings. The van der Waals surface area contributed by atoms with Crippen molar-refractivity contribution in [2.75, 3.05) is 13.6 Å². The van der Waals surface area contributed by atoms with Gasteiger partial charge in [0.15, 0.2) is 29.8 Å². The molecule has 5 N–H and O–H groups in total. The minimum absolute atomic E-state index is 0.0232. The van der Waals surface area contributed by atoms with E-state index in [1.165, 1.54) is 12.1 Å². The molecule has 1 saturated heterocycles. The number of carboxylic acids is 2.